The largest absolute Gasteiger partial charge is 0.352 e. The number of carbonyl (C=O) groups excluding carboxylic acids is 2. The van der Waals surface area contributed by atoms with Crippen molar-refractivity contribution in [2.45, 2.75) is 63.4 Å². The normalized spacial score (nSPS) is 14.3. The van der Waals surface area contributed by atoms with E-state index in [-0.39, 0.29) is 17.9 Å². The minimum atomic E-state index is -0.577. The van der Waals surface area contributed by atoms with Crippen molar-refractivity contribution in [3.05, 3.63) is 106 Å². The van der Waals surface area contributed by atoms with Gasteiger partial charge in [0.05, 0.1) is 5.75 Å². The standard InChI is InChI=1S/C31H35ClN2O2S/c1-23-8-7-11-26(18-23)20-34(30(35)22-37-21-25-14-16-27(32)17-15-25)29(19-24-9-3-2-4-10-24)31(36)33-28-12-5-6-13-28/h2-4,7-11,14-18,28-29H,5-6,12-13,19-22H2,1H3,(H,33,36)/t29-/m0/s1. The first kappa shape index (κ1) is 27.3. The summed E-state index contributed by atoms with van der Waals surface area (Å²) in [6.45, 7) is 2.45. The first-order valence-corrected chi connectivity index (χ1v) is 14.5. The van der Waals surface area contributed by atoms with Crippen molar-refractivity contribution in [1.29, 1.82) is 0 Å². The molecule has 1 aliphatic rings. The van der Waals surface area contributed by atoms with Crippen LogP contribution in [0.2, 0.25) is 5.02 Å². The number of thioether (sulfide) groups is 1. The lowest BCUT2D eigenvalue weighted by Crippen LogP contribution is -2.52. The Hall–Kier alpha value is -2.76. The number of hydrogen-bond donors (Lipinski definition) is 1. The van der Waals surface area contributed by atoms with Crippen molar-refractivity contribution in [2.24, 2.45) is 0 Å². The van der Waals surface area contributed by atoms with Gasteiger partial charge in [-0.25, -0.2) is 0 Å². The first-order valence-electron chi connectivity index (χ1n) is 13.0. The van der Waals surface area contributed by atoms with Gasteiger partial charge < -0.3 is 10.2 Å². The van der Waals surface area contributed by atoms with Crippen molar-refractivity contribution in [3.8, 4) is 0 Å². The van der Waals surface area contributed by atoms with Crippen molar-refractivity contribution in [3.63, 3.8) is 0 Å². The Morgan fingerprint density at radius 1 is 0.946 bits per heavy atom. The number of amides is 2. The number of nitrogens with zero attached hydrogens (tertiary/aromatic N) is 1. The van der Waals surface area contributed by atoms with E-state index in [1.54, 1.807) is 16.7 Å². The Morgan fingerprint density at radius 2 is 1.65 bits per heavy atom. The van der Waals surface area contributed by atoms with E-state index in [0.717, 1.165) is 47.9 Å². The quantitative estimate of drug-likeness (QED) is 0.302. The smallest absolute Gasteiger partial charge is 0.243 e. The molecule has 0 unspecified atom stereocenters. The highest BCUT2D eigenvalue weighted by Crippen LogP contribution is 2.22. The minimum absolute atomic E-state index is 0.0250. The van der Waals surface area contributed by atoms with Crippen LogP contribution < -0.4 is 5.32 Å². The molecule has 0 aromatic heterocycles. The molecule has 194 valence electrons. The maximum Gasteiger partial charge on any atom is 0.243 e. The van der Waals surface area contributed by atoms with Gasteiger partial charge in [0.15, 0.2) is 0 Å². The molecule has 0 bridgehead atoms. The van der Waals surface area contributed by atoms with E-state index in [1.807, 2.05) is 79.7 Å². The molecular weight excluding hydrogens is 500 g/mol. The van der Waals surface area contributed by atoms with E-state index in [0.29, 0.717) is 29.5 Å². The fourth-order valence-corrected chi connectivity index (χ4v) is 5.85. The van der Waals surface area contributed by atoms with Crippen LogP contribution in [0.3, 0.4) is 0 Å². The van der Waals surface area contributed by atoms with Gasteiger partial charge in [-0.2, -0.15) is 0 Å². The first-order chi connectivity index (χ1) is 18.0. The topological polar surface area (TPSA) is 49.4 Å². The lowest BCUT2D eigenvalue weighted by molar-refractivity contribution is -0.139. The van der Waals surface area contributed by atoms with Crippen LogP contribution in [-0.4, -0.2) is 34.6 Å². The molecule has 2 amide bonds. The highest BCUT2D eigenvalue weighted by molar-refractivity contribution is 7.99. The van der Waals surface area contributed by atoms with Gasteiger partial charge in [0.1, 0.15) is 6.04 Å². The molecule has 1 aliphatic carbocycles. The Labute approximate surface area is 229 Å². The van der Waals surface area contributed by atoms with Crippen molar-refractivity contribution < 1.29 is 9.59 Å². The zero-order valence-corrected chi connectivity index (χ0v) is 22.9. The minimum Gasteiger partial charge on any atom is -0.352 e. The second-order valence-electron chi connectivity index (χ2n) is 9.83. The molecule has 0 heterocycles. The number of hydrogen-bond acceptors (Lipinski definition) is 3. The van der Waals surface area contributed by atoms with E-state index < -0.39 is 6.04 Å². The summed E-state index contributed by atoms with van der Waals surface area (Å²) in [5.41, 5.74) is 4.33. The molecule has 1 atom stereocenters. The second-order valence-corrected chi connectivity index (χ2v) is 11.2. The van der Waals surface area contributed by atoms with Crippen LogP contribution in [-0.2, 0) is 28.3 Å². The van der Waals surface area contributed by atoms with Gasteiger partial charge in [-0.15, -0.1) is 11.8 Å². The monoisotopic (exact) mass is 534 g/mol. The molecule has 1 N–H and O–H groups in total. The van der Waals surface area contributed by atoms with Crippen molar-refractivity contribution >= 4 is 35.2 Å². The van der Waals surface area contributed by atoms with Crippen LogP contribution in [0.4, 0.5) is 0 Å². The third-order valence-electron chi connectivity index (χ3n) is 6.82. The van der Waals surface area contributed by atoms with Gasteiger partial charge in [-0.1, -0.05) is 96.7 Å². The third-order valence-corrected chi connectivity index (χ3v) is 8.06. The summed E-state index contributed by atoms with van der Waals surface area (Å²) < 4.78 is 0. The van der Waals surface area contributed by atoms with E-state index in [4.69, 9.17) is 11.6 Å². The van der Waals surface area contributed by atoms with Gasteiger partial charge in [0.25, 0.3) is 0 Å². The van der Waals surface area contributed by atoms with Crippen LogP contribution in [0.15, 0.2) is 78.9 Å². The summed E-state index contributed by atoms with van der Waals surface area (Å²) >= 11 is 7.58. The highest BCUT2D eigenvalue weighted by atomic mass is 35.5. The van der Waals surface area contributed by atoms with Crippen LogP contribution in [0.25, 0.3) is 0 Å². The lowest BCUT2D eigenvalue weighted by Gasteiger charge is -2.32. The van der Waals surface area contributed by atoms with Crippen LogP contribution in [0.1, 0.15) is 47.9 Å². The third kappa shape index (κ3) is 8.37. The Morgan fingerprint density at radius 3 is 2.35 bits per heavy atom. The van der Waals surface area contributed by atoms with Crippen molar-refractivity contribution in [2.75, 3.05) is 5.75 Å². The molecule has 4 nitrogen and oxygen atoms in total. The summed E-state index contributed by atoms with van der Waals surface area (Å²) in [6, 6.07) is 25.5. The summed E-state index contributed by atoms with van der Waals surface area (Å²) in [5.74, 6) is 0.928. The number of aryl methyl sites for hydroxylation is 1. The number of rotatable bonds is 11. The van der Waals surface area contributed by atoms with Crippen LogP contribution in [0, 0.1) is 6.92 Å². The fraction of sp³-hybridized carbons (Fsp3) is 0.355. The van der Waals surface area contributed by atoms with Gasteiger partial charge in [0, 0.05) is 29.8 Å². The number of halogens is 1. The van der Waals surface area contributed by atoms with E-state index in [2.05, 4.69) is 11.4 Å². The summed E-state index contributed by atoms with van der Waals surface area (Å²) in [7, 11) is 0. The maximum atomic E-state index is 13.8. The number of nitrogens with one attached hydrogen (secondary N) is 1. The predicted octanol–water partition coefficient (Wildman–Crippen LogP) is 6.58. The molecule has 1 saturated carbocycles. The summed E-state index contributed by atoms with van der Waals surface area (Å²) in [5, 5.41) is 3.97. The second kappa shape index (κ2) is 13.7. The van der Waals surface area contributed by atoms with Crippen LogP contribution >= 0.6 is 23.4 Å². The molecule has 4 rings (SSSR count). The van der Waals surface area contributed by atoms with Gasteiger partial charge in [0.2, 0.25) is 11.8 Å². The molecule has 6 heteroatoms. The summed E-state index contributed by atoms with van der Waals surface area (Å²) in [6.07, 6.45) is 4.78. The Kier molecular flexibility index (Phi) is 10.1. The molecule has 0 radical (unpaired) electrons. The zero-order valence-electron chi connectivity index (χ0n) is 21.4. The average molecular weight is 535 g/mol. The fourth-order valence-electron chi connectivity index (χ4n) is 4.85. The van der Waals surface area contributed by atoms with Gasteiger partial charge >= 0.3 is 0 Å². The average Bonchev–Trinajstić information content (AvgIpc) is 3.41. The van der Waals surface area contributed by atoms with Crippen LogP contribution in [0.5, 0.6) is 0 Å². The lowest BCUT2D eigenvalue weighted by atomic mass is 10.0. The maximum absolute atomic E-state index is 13.8. The van der Waals surface area contributed by atoms with Gasteiger partial charge in [-0.05, 0) is 48.6 Å². The molecule has 3 aromatic carbocycles. The molecule has 0 saturated heterocycles. The molecule has 1 fully saturated rings. The number of benzene rings is 3. The molecule has 37 heavy (non-hydrogen) atoms. The molecule has 3 aromatic rings. The Bertz CT molecular complexity index is 1160. The van der Waals surface area contributed by atoms with E-state index >= 15 is 0 Å². The summed E-state index contributed by atoms with van der Waals surface area (Å²) in [4.78, 5) is 29.3. The van der Waals surface area contributed by atoms with Crippen molar-refractivity contribution in [1.82, 2.24) is 10.2 Å². The SMILES string of the molecule is Cc1cccc(CN(C(=O)CSCc2ccc(Cl)cc2)[C@@H](Cc2ccccc2)C(=O)NC2CCCC2)c1. The van der Waals surface area contributed by atoms with E-state index in [1.165, 1.54) is 0 Å². The molecular formula is C31H35ClN2O2S. The molecule has 0 spiro atoms. The highest BCUT2D eigenvalue weighted by Gasteiger charge is 2.32. The number of carbonyl (C=O) groups is 2. The zero-order chi connectivity index (χ0) is 26.0. The van der Waals surface area contributed by atoms with E-state index in [9.17, 15) is 9.59 Å². The Balaban J connectivity index is 1.56. The molecule has 0 aliphatic heterocycles. The van der Waals surface area contributed by atoms with Gasteiger partial charge in [-0.3, -0.25) is 9.59 Å². The predicted molar refractivity (Wildman–Crippen MR) is 154 cm³/mol.